The fourth-order valence-electron chi connectivity index (χ4n) is 2.79. The largest absolute Gasteiger partial charge is 0.289 e. The Balaban J connectivity index is 2.22. The van der Waals surface area contributed by atoms with Crippen LogP contribution < -0.4 is 0 Å². The first kappa shape index (κ1) is 19.7. The van der Waals surface area contributed by atoms with Crippen LogP contribution >= 0.6 is 23.2 Å². The third kappa shape index (κ3) is 3.93. The summed E-state index contributed by atoms with van der Waals surface area (Å²) in [4.78, 5) is 49.7. The molecule has 0 saturated heterocycles. The van der Waals surface area contributed by atoms with Crippen molar-refractivity contribution in [2.75, 3.05) is 0 Å². The van der Waals surface area contributed by atoms with Gasteiger partial charge in [-0.2, -0.15) is 0 Å². The zero-order valence-electron chi connectivity index (χ0n) is 14.3. The summed E-state index contributed by atoms with van der Waals surface area (Å²) in [6, 6.07) is 18.7. The third-order valence-corrected chi connectivity index (χ3v) is 4.55. The van der Waals surface area contributed by atoms with Crippen LogP contribution in [0.3, 0.4) is 0 Å². The monoisotopic (exact) mass is 410 g/mol. The highest BCUT2D eigenvalue weighted by molar-refractivity contribution is 6.69. The summed E-state index contributed by atoms with van der Waals surface area (Å²) in [6.07, 6.45) is 0. The van der Waals surface area contributed by atoms with Crippen LogP contribution in [-0.2, 0) is 0 Å². The van der Waals surface area contributed by atoms with Gasteiger partial charge in [-0.05, 0) is 35.3 Å². The lowest BCUT2D eigenvalue weighted by atomic mass is 9.90. The Hall–Kier alpha value is -3.08. The minimum atomic E-state index is -0.921. The van der Waals surface area contributed by atoms with Crippen molar-refractivity contribution in [2.24, 2.45) is 0 Å². The Morgan fingerprint density at radius 1 is 0.500 bits per heavy atom. The summed E-state index contributed by atoms with van der Waals surface area (Å²) < 4.78 is 0. The number of rotatable bonds is 6. The molecule has 0 aliphatic heterocycles. The molecular formula is C22H12Cl2O4. The standard InChI is InChI=1S/C22H12Cl2O4/c23-21(27)17-12-16(20(26)14-9-5-2-6-10-14)18(22(24)28)11-15(17)19(25)13-7-3-1-4-8-13/h1-12H. The van der Waals surface area contributed by atoms with E-state index in [0.717, 1.165) is 12.1 Å². The molecule has 0 bridgehead atoms. The number of carbonyl (C=O) groups excluding carboxylic acids is 4. The first-order valence-electron chi connectivity index (χ1n) is 8.17. The maximum atomic E-state index is 12.8. The quantitative estimate of drug-likeness (QED) is 0.427. The second-order valence-electron chi connectivity index (χ2n) is 5.88. The topological polar surface area (TPSA) is 68.3 Å². The van der Waals surface area contributed by atoms with Gasteiger partial charge in [-0.1, -0.05) is 60.7 Å². The molecule has 0 atom stereocenters. The molecule has 3 rings (SSSR count). The molecule has 0 heterocycles. The molecule has 0 N–H and O–H groups in total. The summed E-state index contributed by atoms with van der Waals surface area (Å²) in [7, 11) is 0. The molecule has 0 amide bonds. The van der Waals surface area contributed by atoms with Crippen molar-refractivity contribution in [3.05, 3.63) is 106 Å². The molecule has 0 aliphatic carbocycles. The lowest BCUT2D eigenvalue weighted by Crippen LogP contribution is -2.14. The molecular weight excluding hydrogens is 399 g/mol. The second kappa shape index (κ2) is 8.30. The smallest absolute Gasteiger partial charge is 0.253 e. The van der Waals surface area contributed by atoms with E-state index in [0.29, 0.717) is 11.1 Å². The van der Waals surface area contributed by atoms with Gasteiger partial charge in [-0.3, -0.25) is 19.2 Å². The van der Waals surface area contributed by atoms with E-state index in [4.69, 9.17) is 23.2 Å². The molecule has 3 aromatic rings. The van der Waals surface area contributed by atoms with Gasteiger partial charge in [0.25, 0.3) is 10.5 Å². The van der Waals surface area contributed by atoms with Crippen LogP contribution in [0.1, 0.15) is 52.6 Å². The van der Waals surface area contributed by atoms with Crippen LogP contribution in [0.25, 0.3) is 0 Å². The number of halogens is 2. The summed E-state index contributed by atoms with van der Waals surface area (Å²) in [5.41, 5.74) is 0.0705. The summed E-state index contributed by atoms with van der Waals surface area (Å²) >= 11 is 11.3. The molecule has 0 unspecified atom stereocenters. The van der Waals surface area contributed by atoms with Crippen LogP contribution in [0.5, 0.6) is 0 Å². The van der Waals surface area contributed by atoms with Crippen molar-refractivity contribution in [1.29, 1.82) is 0 Å². The number of hydrogen-bond donors (Lipinski definition) is 0. The summed E-state index contributed by atoms with van der Waals surface area (Å²) in [6.45, 7) is 0. The van der Waals surface area contributed by atoms with Gasteiger partial charge in [0.2, 0.25) is 0 Å². The second-order valence-corrected chi connectivity index (χ2v) is 6.57. The predicted molar refractivity (Wildman–Crippen MR) is 107 cm³/mol. The zero-order chi connectivity index (χ0) is 20.3. The molecule has 0 aromatic heterocycles. The van der Waals surface area contributed by atoms with Gasteiger partial charge >= 0.3 is 0 Å². The fourth-order valence-corrected chi connectivity index (χ4v) is 3.10. The van der Waals surface area contributed by atoms with Crippen molar-refractivity contribution in [3.63, 3.8) is 0 Å². The van der Waals surface area contributed by atoms with Gasteiger partial charge in [0, 0.05) is 33.4 Å². The zero-order valence-corrected chi connectivity index (χ0v) is 15.8. The van der Waals surface area contributed by atoms with Gasteiger partial charge in [-0.25, -0.2) is 0 Å². The van der Waals surface area contributed by atoms with Crippen molar-refractivity contribution in [3.8, 4) is 0 Å². The Morgan fingerprint density at radius 3 is 1.11 bits per heavy atom. The highest BCUT2D eigenvalue weighted by Crippen LogP contribution is 2.25. The molecule has 0 radical (unpaired) electrons. The molecule has 0 saturated carbocycles. The van der Waals surface area contributed by atoms with E-state index in [9.17, 15) is 19.2 Å². The van der Waals surface area contributed by atoms with Gasteiger partial charge in [0.05, 0.1) is 0 Å². The number of hydrogen-bond acceptors (Lipinski definition) is 4. The minimum absolute atomic E-state index is 0.0974. The first-order valence-corrected chi connectivity index (χ1v) is 8.93. The van der Waals surface area contributed by atoms with Crippen molar-refractivity contribution in [2.45, 2.75) is 0 Å². The Morgan fingerprint density at radius 2 is 0.821 bits per heavy atom. The molecule has 0 spiro atoms. The van der Waals surface area contributed by atoms with Gasteiger partial charge < -0.3 is 0 Å². The third-order valence-electron chi connectivity index (χ3n) is 4.14. The summed E-state index contributed by atoms with van der Waals surface area (Å²) in [5, 5.41) is -1.84. The Kier molecular flexibility index (Phi) is 5.83. The van der Waals surface area contributed by atoms with Crippen LogP contribution in [0.15, 0.2) is 72.8 Å². The van der Waals surface area contributed by atoms with Gasteiger partial charge in [0.15, 0.2) is 11.6 Å². The number of ketones is 2. The summed E-state index contributed by atoms with van der Waals surface area (Å²) in [5.74, 6) is -1.02. The molecule has 138 valence electrons. The lowest BCUT2D eigenvalue weighted by Gasteiger charge is -2.12. The maximum Gasteiger partial charge on any atom is 0.253 e. The SMILES string of the molecule is O=C(Cl)c1cc(C(=O)c2ccccc2)c(C(=O)Cl)cc1C(=O)c1ccccc1. The van der Waals surface area contributed by atoms with Crippen LogP contribution in [-0.4, -0.2) is 22.1 Å². The van der Waals surface area contributed by atoms with Crippen LogP contribution in [0, 0.1) is 0 Å². The average molecular weight is 411 g/mol. The van der Waals surface area contributed by atoms with E-state index in [-0.39, 0.29) is 22.3 Å². The maximum absolute atomic E-state index is 12.8. The van der Waals surface area contributed by atoms with Crippen molar-refractivity contribution >= 4 is 45.3 Å². The molecule has 28 heavy (non-hydrogen) atoms. The molecule has 6 heteroatoms. The van der Waals surface area contributed by atoms with Crippen molar-refractivity contribution in [1.82, 2.24) is 0 Å². The highest BCUT2D eigenvalue weighted by atomic mass is 35.5. The molecule has 3 aromatic carbocycles. The minimum Gasteiger partial charge on any atom is -0.289 e. The molecule has 0 aliphatic rings. The first-order chi connectivity index (χ1) is 13.4. The van der Waals surface area contributed by atoms with Gasteiger partial charge in [-0.15, -0.1) is 0 Å². The normalized spacial score (nSPS) is 10.4. The van der Waals surface area contributed by atoms with E-state index < -0.39 is 22.1 Å². The van der Waals surface area contributed by atoms with Crippen molar-refractivity contribution < 1.29 is 19.2 Å². The van der Waals surface area contributed by atoms with E-state index in [1.807, 2.05) is 0 Å². The molecule has 4 nitrogen and oxygen atoms in total. The average Bonchev–Trinajstić information content (AvgIpc) is 2.72. The Labute approximate surface area is 170 Å². The predicted octanol–water partition coefficient (Wildman–Crippen LogP) is 4.91. The number of benzene rings is 3. The van der Waals surface area contributed by atoms with E-state index in [1.54, 1.807) is 60.7 Å². The van der Waals surface area contributed by atoms with Crippen LogP contribution in [0.4, 0.5) is 0 Å². The molecule has 0 fully saturated rings. The van der Waals surface area contributed by atoms with E-state index in [2.05, 4.69) is 0 Å². The van der Waals surface area contributed by atoms with E-state index >= 15 is 0 Å². The van der Waals surface area contributed by atoms with E-state index in [1.165, 1.54) is 0 Å². The fraction of sp³-hybridized carbons (Fsp3) is 0. The highest BCUT2D eigenvalue weighted by Gasteiger charge is 2.25. The van der Waals surface area contributed by atoms with Crippen LogP contribution in [0.2, 0.25) is 0 Å². The van der Waals surface area contributed by atoms with Gasteiger partial charge in [0.1, 0.15) is 0 Å². The number of carbonyl (C=O) groups is 4. The Bertz CT molecular complexity index is 1000. The lowest BCUT2D eigenvalue weighted by molar-refractivity contribution is 0.101.